The van der Waals surface area contributed by atoms with Gasteiger partial charge in [-0.05, 0) is 23.3 Å². The van der Waals surface area contributed by atoms with Crippen molar-refractivity contribution in [2.24, 2.45) is 12.2 Å². The first-order chi connectivity index (χ1) is 12.5. The first-order valence-corrected chi connectivity index (χ1v) is 7.73. The van der Waals surface area contributed by atoms with Gasteiger partial charge in [0.1, 0.15) is 5.75 Å². The molecular formula is C18H16N4O4. The standard InChI is InChI=1S/C18H16N4O4/c1-21-10-15(19-11-21)6-12-5-14(9-20-24)18(23)17(7-12)13-3-2-4-16(8-13)22(25)26/h2-5,7-11,23-24H,6H2,1H3/b20-9+. The van der Waals surface area contributed by atoms with Crippen LogP contribution in [0.2, 0.25) is 0 Å². The van der Waals surface area contributed by atoms with Crippen molar-refractivity contribution in [2.45, 2.75) is 6.42 Å². The molecule has 26 heavy (non-hydrogen) atoms. The molecule has 132 valence electrons. The summed E-state index contributed by atoms with van der Waals surface area (Å²) in [6, 6.07) is 9.43. The van der Waals surface area contributed by atoms with E-state index in [2.05, 4.69) is 10.1 Å². The average Bonchev–Trinajstić information content (AvgIpc) is 3.02. The summed E-state index contributed by atoms with van der Waals surface area (Å²) in [4.78, 5) is 14.8. The SMILES string of the molecule is Cn1cnc(Cc2cc(/C=N/O)c(O)c(-c3cccc([N+](=O)[O-])c3)c2)c1. The van der Waals surface area contributed by atoms with Crippen molar-refractivity contribution in [3.63, 3.8) is 0 Å². The molecule has 8 heteroatoms. The van der Waals surface area contributed by atoms with E-state index in [0.717, 1.165) is 17.5 Å². The molecule has 8 nitrogen and oxygen atoms in total. The Balaban J connectivity index is 2.11. The first kappa shape index (κ1) is 17.2. The molecule has 2 aromatic carbocycles. The molecule has 0 saturated heterocycles. The molecule has 0 atom stereocenters. The predicted molar refractivity (Wildman–Crippen MR) is 95.6 cm³/mol. The Morgan fingerprint density at radius 2 is 2.15 bits per heavy atom. The summed E-state index contributed by atoms with van der Waals surface area (Å²) in [6.07, 6.45) is 5.18. The summed E-state index contributed by atoms with van der Waals surface area (Å²) >= 11 is 0. The number of benzene rings is 2. The van der Waals surface area contributed by atoms with E-state index in [1.54, 1.807) is 30.6 Å². The van der Waals surface area contributed by atoms with Gasteiger partial charge in [-0.1, -0.05) is 17.3 Å². The number of oxime groups is 1. The van der Waals surface area contributed by atoms with Crippen molar-refractivity contribution in [1.29, 1.82) is 0 Å². The molecule has 2 N–H and O–H groups in total. The van der Waals surface area contributed by atoms with Crippen LogP contribution in [0.4, 0.5) is 5.69 Å². The Kier molecular flexibility index (Phi) is 4.66. The number of hydrogen-bond acceptors (Lipinski definition) is 6. The number of nitro benzene ring substituents is 1. The fraction of sp³-hybridized carbons (Fsp3) is 0.111. The number of imidazole rings is 1. The van der Waals surface area contributed by atoms with Gasteiger partial charge in [-0.25, -0.2) is 4.98 Å². The number of non-ortho nitro benzene ring substituents is 1. The van der Waals surface area contributed by atoms with Gasteiger partial charge in [-0.3, -0.25) is 10.1 Å². The minimum absolute atomic E-state index is 0.0746. The minimum Gasteiger partial charge on any atom is -0.507 e. The maximum atomic E-state index is 11.0. The fourth-order valence-corrected chi connectivity index (χ4v) is 2.76. The van der Waals surface area contributed by atoms with Gasteiger partial charge in [0.05, 0.1) is 23.2 Å². The van der Waals surface area contributed by atoms with E-state index in [0.29, 0.717) is 23.1 Å². The number of aromatic hydroxyl groups is 1. The van der Waals surface area contributed by atoms with Gasteiger partial charge < -0.3 is 14.9 Å². The van der Waals surface area contributed by atoms with Crippen LogP contribution in [0, 0.1) is 10.1 Å². The lowest BCUT2D eigenvalue weighted by Crippen LogP contribution is -1.95. The number of nitro groups is 1. The van der Waals surface area contributed by atoms with Gasteiger partial charge in [-0.15, -0.1) is 0 Å². The van der Waals surface area contributed by atoms with Crippen LogP contribution in [0.15, 0.2) is 54.1 Å². The molecule has 0 aliphatic carbocycles. The van der Waals surface area contributed by atoms with Crippen molar-refractivity contribution < 1.29 is 15.2 Å². The molecule has 0 unspecified atom stereocenters. The number of phenolic OH excluding ortho intramolecular Hbond substituents is 1. The third-order valence-electron chi connectivity index (χ3n) is 3.91. The molecule has 0 spiro atoms. The summed E-state index contributed by atoms with van der Waals surface area (Å²) in [7, 11) is 1.87. The van der Waals surface area contributed by atoms with Crippen molar-refractivity contribution in [3.05, 3.63) is 75.9 Å². The highest BCUT2D eigenvalue weighted by molar-refractivity contribution is 5.89. The van der Waals surface area contributed by atoms with Crippen molar-refractivity contribution in [3.8, 4) is 16.9 Å². The number of hydrogen-bond donors (Lipinski definition) is 2. The normalized spacial score (nSPS) is 11.1. The van der Waals surface area contributed by atoms with Crippen LogP contribution in [-0.2, 0) is 13.5 Å². The topological polar surface area (TPSA) is 114 Å². The molecule has 0 radical (unpaired) electrons. The van der Waals surface area contributed by atoms with Crippen molar-refractivity contribution in [2.75, 3.05) is 0 Å². The molecular weight excluding hydrogens is 336 g/mol. The molecule has 3 rings (SSSR count). The van der Waals surface area contributed by atoms with Gasteiger partial charge in [0, 0.05) is 42.9 Å². The molecule has 1 heterocycles. The maximum Gasteiger partial charge on any atom is 0.270 e. The molecule has 0 saturated carbocycles. The number of phenols is 1. The Hall–Kier alpha value is -3.68. The zero-order valence-electron chi connectivity index (χ0n) is 13.9. The molecule has 0 aliphatic heterocycles. The van der Waals surface area contributed by atoms with E-state index < -0.39 is 4.92 Å². The maximum absolute atomic E-state index is 11.0. The third kappa shape index (κ3) is 3.54. The summed E-state index contributed by atoms with van der Waals surface area (Å²) in [6.45, 7) is 0. The molecule has 0 aliphatic rings. The van der Waals surface area contributed by atoms with Gasteiger partial charge in [0.15, 0.2) is 0 Å². The van der Waals surface area contributed by atoms with Crippen LogP contribution in [0.3, 0.4) is 0 Å². The largest absolute Gasteiger partial charge is 0.507 e. The van der Waals surface area contributed by atoms with Gasteiger partial charge in [0.25, 0.3) is 5.69 Å². The van der Waals surface area contributed by atoms with E-state index in [4.69, 9.17) is 5.21 Å². The van der Waals surface area contributed by atoms with Crippen LogP contribution < -0.4 is 0 Å². The highest BCUT2D eigenvalue weighted by Crippen LogP contribution is 2.35. The summed E-state index contributed by atoms with van der Waals surface area (Å²) in [5.41, 5.74) is 2.79. The number of rotatable bonds is 5. The second kappa shape index (κ2) is 7.06. The van der Waals surface area contributed by atoms with Crippen LogP contribution in [-0.4, -0.2) is 31.0 Å². The predicted octanol–water partition coefficient (Wildman–Crippen LogP) is 3.10. The van der Waals surface area contributed by atoms with Crippen molar-refractivity contribution in [1.82, 2.24) is 9.55 Å². The highest BCUT2D eigenvalue weighted by Gasteiger charge is 2.15. The van der Waals surface area contributed by atoms with E-state index in [9.17, 15) is 15.2 Å². The van der Waals surface area contributed by atoms with Crippen LogP contribution in [0.5, 0.6) is 5.75 Å². The molecule has 0 amide bonds. The van der Waals surface area contributed by atoms with E-state index in [-0.39, 0.29) is 11.4 Å². The smallest absolute Gasteiger partial charge is 0.270 e. The summed E-state index contributed by atoms with van der Waals surface area (Å²) < 4.78 is 1.83. The van der Waals surface area contributed by atoms with Gasteiger partial charge >= 0.3 is 0 Å². The van der Waals surface area contributed by atoms with Gasteiger partial charge in [-0.2, -0.15) is 0 Å². The Labute approximate surface area is 148 Å². The quantitative estimate of drug-likeness (QED) is 0.317. The lowest BCUT2D eigenvalue weighted by Gasteiger charge is -2.11. The number of aryl methyl sites for hydroxylation is 1. The Morgan fingerprint density at radius 1 is 1.35 bits per heavy atom. The third-order valence-corrected chi connectivity index (χ3v) is 3.91. The molecule has 0 bridgehead atoms. The lowest BCUT2D eigenvalue weighted by atomic mass is 9.96. The second-order valence-corrected chi connectivity index (χ2v) is 5.84. The van der Waals surface area contributed by atoms with Crippen LogP contribution >= 0.6 is 0 Å². The second-order valence-electron chi connectivity index (χ2n) is 5.84. The number of nitrogens with zero attached hydrogens (tertiary/aromatic N) is 4. The Morgan fingerprint density at radius 3 is 2.81 bits per heavy atom. The van der Waals surface area contributed by atoms with E-state index in [1.807, 2.05) is 17.8 Å². The number of aromatic nitrogens is 2. The highest BCUT2D eigenvalue weighted by atomic mass is 16.6. The van der Waals surface area contributed by atoms with Crippen molar-refractivity contribution >= 4 is 11.9 Å². The van der Waals surface area contributed by atoms with E-state index in [1.165, 1.54) is 12.1 Å². The zero-order chi connectivity index (χ0) is 18.7. The molecule has 0 fully saturated rings. The average molecular weight is 352 g/mol. The summed E-state index contributed by atoms with van der Waals surface area (Å²) in [5.74, 6) is -0.118. The Bertz CT molecular complexity index is 995. The van der Waals surface area contributed by atoms with Gasteiger partial charge in [0.2, 0.25) is 0 Å². The van der Waals surface area contributed by atoms with Crippen LogP contribution in [0.25, 0.3) is 11.1 Å². The lowest BCUT2D eigenvalue weighted by molar-refractivity contribution is -0.384. The minimum atomic E-state index is -0.492. The van der Waals surface area contributed by atoms with Crippen LogP contribution in [0.1, 0.15) is 16.8 Å². The monoisotopic (exact) mass is 352 g/mol. The fourth-order valence-electron chi connectivity index (χ4n) is 2.76. The molecule has 1 aromatic heterocycles. The zero-order valence-corrected chi connectivity index (χ0v) is 13.9. The first-order valence-electron chi connectivity index (χ1n) is 7.73. The molecule has 3 aromatic rings. The van der Waals surface area contributed by atoms with E-state index >= 15 is 0 Å². The summed E-state index contributed by atoms with van der Waals surface area (Å²) in [5, 5.41) is 33.4.